The number of rotatable bonds is 12. The van der Waals surface area contributed by atoms with E-state index >= 15 is 0 Å². The first-order chi connectivity index (χ1) is 19.7. The Hall–Kier alpha value is -3.07. The fourth-order valence-electron chi connectivity index (χ4n) is 4.67. The molecule has 0 saturated carbocycles. The molecule has 226 valence electrons. The second-order valence-electron chi connectivity index (χ2n) is 11.4. The zero-order chi connectivity index (χ0) is 31.1. The lowest BCUT2D eigenvalue weighted by Crippen LogP contribution is -2.54. The summed E-state index contributed by atoms with van der Waals surface area (Å²) in [5.41, 5.74) is 2.50. The van der Waals surface area contributed by atoms with Crippen LogP contribution in [0.15, 0.2) is 72.8 Å². The van der Waals surface area contributed by atoms with Crippen molar-refractivity contribution in [1.82, 2.24) is 10.2 Å². The molecule has 1 atom stereocenters. The van der Waals surface area contributed by atoms with E-state index < -0.39 is 21.6 Å². The molecular formula is C32H39Cl2N3O4S. The van der Waals surface area contributed by atoms with Gasteiger partial charge in [-0.2, -0.15) is 0 Å². The Kier molecular flexibility index (Phi) is 11.5. The van der Waals surface area contributed by atoms with Crippen LogP contribution in [-0.4, -0.2) is 49.5 Å². The van der Waals surface area contributed by atoms with Gasteiger partial charge in [-0.15, -0.1) is 0 Å². The van der Waals surface area contributed by atoms with Crippen LogP contribution < -0.4 is 9.62 Å². The van der Waals surface area contributed by atoms with Crippen LogP contribution >= 0.6 is 23.2 Å². The fraction of sp³-hybridized carbons (Fsp3) is 0.375. The van der Waals surface area contributed by atoms with Crippen LogP contribution in [0.5, 0.6) is 0 Å². The number of para-hydroxylation sites is 1. The average Bonchev–Trinajstić information content (AvgIpc) is 2.90. The number of aryl methyl sites for hydroxylation is 1. The number of carbonyl (C=O) groups excluding carboxylic acids is 2. The summed E-state index contributed by atoms with van der Waals surface area (Å²) in [5.74, 6) is -0.554. The molecule has 0 aliphatic carbocycles. The Balaban J connectivity index is 1.93. The summed E-state index contributed by atoms with van der Waals surface area (Å²) in [6.45, 7) is 7.76. The number of benzene rings is 3. The molecule has 0 aliphatic rings. The van der Waals surface area contributed by atoms with Gasteiger partial charge in [-0.25, -0.2) is 8.42 Å². The van der Waals surface area contributed by atoms with Crippen LogP contribution in [0.4, 0.5) is 5.69 Å². The number of halogens is 2. The van der Waals surface area contributed by atoms with E-state index in [2.05, 4.69) is 5.32 Å². The first-order valence-corrected chi connectivity index (χ1v) is 16.4. The maximum Gasteiger partial charge on any atom is 0.243 e. The predicted octanol–water partition coefficient (Wildman–Crippen LogP) is 6.40. The van der Waals surface area contributed by atoms with E-state index in [0.29, 0.717) is 22.2 Å². The molecule has 0 saturated heterocycles. The highest BCUT2D eigenvalue weighted by atomic mass is 35.5. The first-order valence-electron chi connectivity index (χ1n) is 13.8. The summed E-state index contributed by atoms with van der Waals surface area (Å²) in [6, 6.07) is 21.1. The molecule has 1 unspecified atom stereocenters. The topological polar surface area (TPSA) is 86.8 Å². The number of nitrogens with zero attached hydrogens (tertiary/aromatic N) is 2. The average molecular weight is 633 g/mol. The lowest BCUT2D eigenvalue weighted by Gasteiger charge is -2.34. The fourth-order valence-corrected chi connectivity index (χ4v) is 6.01. The maximum absolute atomic E-state index is 14.0. The summed E-state index contributed by atoms with van der Waals surface area (Å²) in [5, 5.41) is 3.78. The molecule has 3 aromatic rings. The van der Waals surface area contributed by atoms with E-state index in [0.717, 1.165) is 22.9 Å². The summed E-state index contributed by atoms with van der Waals surface area (Å²) in [7, 11) is -3.59. The Labute approximate surface area is 259 Å². The van der Waals surface area contributed by atoms with Crippen molar-refractivity contribution in [2.75, 3.05) is 17.1 Å². The number of hydrogen-bond acceptors (Lipinski definition) is 4. The van der Waals surface area contributed by atoms with E-state index in [4.69, 9.17) is 23.2 Å². The lowest BCUT2D eigenvalue weighted by molar-refractivity contribution is -0.142. The van der Waals surface area contributed by atoms with Gasteiger partial charge in [0.25, 0.3) is 0 Å². The van der Waals surface area contributed by atoms with Crippen molar-refractivity contribution in [2.24, 2.45) is 0 Å². The van der Waals surface area contributed by atoms with Crippen LogP contribution in [0.3, 0.4) is 0 Å². The second-order valence-corrected chi connectivity index (χ2v) is 14.2. The van der Waals surface area contributed by atoms with Gasteiger partial charge >= 0.3 is 0 Å². The molecule has 1 N–H and O–H groups in total. The molecule has 0 fully saturated rings. The summed E-state index contributed by atoms with van der Waals surface area (Å²) in [4.78, 5) is 29.2. The number of hydrogen-bond donors (Lipinski definition) is 1. The molecule has 0 aromatic heterocycles. The van der Waals surface area contributed by atoms with Crippen molar-refractivity contribution in [2.45, 2.75) is 65.1 Å². The van der Waals surface area contributed by atoms with E-state index in [1.807, 2.05) is 70.2 Å². The van der Waals surface area contributed by atoms with Gasteiger partial charge in [-0.1, -0.05) is 77.8 Å². The minimum Gasteiger partial charge on any atom is -0.350 e. The number of sulfonamides is 1. The predicted molar refractivity (Wildman–Crippen MR) is 171 cm³/mol. The van der Waals surface area contributed by atoms with Crippen LogP contribution in [0.2, 0.25) is 10.0 Å². The second kappa shape index (κ2) is 14.4. The zero-order valence-electron chi connectivity index (χ0n) is 24.7. The summed E-state index contributed by atoms with van der Waals surface area (Å²) < 4.78 is 26.7. The Morgan fingerprint density at radius 3 is 2.14 bits per heavy atom. The molecule has 0 bridgehead atoms. The van der Waals surface area contributed by atoms with Gasteiger partial charge in [-0.3, -0.25) is 13.9 Å². The summed E-state index contributed by atoms with van der Waals surface area (Å²) >= 11 is 12.4. The van der Waals surface area contributed by atoms with Gasteiger partial charge in [-0.05, 0) is 69.0 Å². The number of carbonyl (C=O) groups is 2. The molecule has 0 aliphatic heterocycles. The molecule has 42 heavy (non-hydrogen) atoms. The zero-order valence-corrected chi connectivity index (χ0v) is 27.1. The van der Waals surface area contributed by atoms with Gasteiger partial charge in [0.15, 0.2) is 0 Å². The molecule has 10 heteroatoms. The van der Waals surface area contributed by atoms with Crippen molar-refractivity contribution < 1.29 is 18.0 Å². The number of anilines is 1. The molecule has 7 nitrogen and oxygen atoms in total. The van der Waals surface area contributed by atoms with Gasteiger partial charge in [0.2, 0.25) is 21.8 Å². The molecular weight excluding hydrogens is 593 g/mol. The lowest BCUT2D eigenvalue weighted by atomic mass is 10.00. The van der Waals surface area contributed by atoms with Gasteiger partial charge in [0, 0.05) is 31.5 Å². The smallest absolute Gasteiger partial charge is 0.243 e. The molecule has 0 spiro atoms. The van der Waals surface area contributed by atoms with Crippen molar-refractivity contribution in [3.05, 3.63) is 99.5 Å². The largest absolute Gasteiger partial charge is 0.350 e. The molecule has 3 aromatic carbocycles. The SMILES string of the molecule is Cc1ccccc1N(CCCC(=O)N(Cc1ccc(Cl)c(Cl)c1)C(Cc1ccccc1)C(=O)NC(C)(C)C)S(C)(=O)=O. The van der Waals surface area contributed by atoms with E-state index in [9.17, 15) is 18.0 Å². The van der Waals surface area contributed by atoms with Gasteiger partial charge in [0.1, 0.15) is 6.04 Å². The van der Waals surface area contributed by atoms with Crippen LogP contribution in [0, 0.1) is 6.92 Å². The third kappa shape index (κ3) is 9.75. The monoisotopic (exact) mass is 631 g/mol. The third-order valence-corrected chi connectivity index (χ3v) is 8.56. The van der Waals surface area contributed by atoms with E-state index in [1.54, 1.807) is 35.2 Å². The van der Waals surface area contributed by atoms with Crippen molar-refractivity contribution in [3.8, 4) is 0 Å². The molecule has 2 amide bonds. The highest BCUT2D eigenvalue weighted by molar-refractivity contribution is 7.92. The Morgan fingerprint density at radius 1 is 0.905 bits per heavy atom. The van der Waals surface area contributed by atoms with Gasteiger partial charge in [0.05, 0.1) is 22.0 Å². The molecule has 0 radical (unpaired) electrons. The van der Waals surface area contributed by atoms with Crippen molar-refractivity contribution >= 4 is 50.7 Å². The van der Waals surface area contributed by atoms with Gasteiger partial charge < -0.3 is 10.2 Å². The molecule has 3 rings (SSSR count). The minimum absolute atomic E-state index is 0.0350. The highest BCUT2D eigenvalue weighted by Crippen LogP contribution is 2.26. The number of nitrogens with one attached hydrogen (secondary N) is 1. The Bertz CT molecular complexity index is 1490. The minimum atomic E-state index is -3.59. The molecule has 0 heterocycles. The van der Waals surface area contributed by atoms with E-state index in [1.165, 1.54) is 4.31 Å². The van der Waals surface area contributed by atoms with Crippen LogP contribution in [-0.2, 0) is 32.6 Å². The standard InChI is InChI=1S/C32H39Cl2N3O4S/c1-23-12-9-10-15-28(23)37(42(5,40)41)19-11-16-30(38)36(22-25-17-18-26(33)27(34)20-25)29(31(39)35-32(2,3)4)21-24-13-7-6-8-14-24/h6-10,12-15,17-18,20,29H,11,16,19,21-22H2,1-5H3,(H,35,39). The highest BCUT2D eigenvalue weighted by Gasteiger charge is 2.32. The van der Waals surface area contributed by atoms with Crippen LogP contribution in [0.25, 0.3) is 0 Å². The van der Waals surface area contributed by atoms with Crippen molar-refractivity contribution in [1.29, 1.82) is 0 Å². The third-order valence-electron chi connectivity index (χ3n) is 6.64. The Morgan fingerprint density at radius 2 is 1.55 bits per heavy atom. The van der Waals surface area contributed by atoms with E-state index in [-0.39, 0.29) is 37.7 Å². The quantitative estimate of drug-likeness (QED) is 0.250. The van der Waals surface area contributed by atoms with Crippen molar-refractivity contribution in [3.63, 3.8) is 0 Å². The normalized spacial score (nSPS) is 12.5. The maximum atomic E-state index is 14.0. The first kappa shape index (κ1) is 33.4. The van der Waals surface area contributed by atoms with Crippen LogP contribution in [0.1, 0.15) is 50.3 Å². The summed E-state index contributed by atoms with van der Waals surface area (Å²) in [6.07, 6.45) is 1.75. The number of amides is 2.